The molecule has 0 spiro atoms. The second kappa shape index (κ2) is 5.66. The van der Waals surface area contributed by atoms with Crippen LogP contribution in [0.1, 0.15) is 24.1 Å². The first-order valence-electron chi connectivity index (χ1n) is 8.85. The molecule has 1 aromatic carbocycles. The smallest absolute Gasteiger partial charge is 0.241 e. The van der Waals surface area contributed by atoms with Crippen LogP contribution in [0, 0.1) is 18.8 Å². The Balaban J connectivity index is 1.43. The normalized spacial score (nSPS) is 29.7. The molecule has 7 heteroatoms. The lowest BCUT2D eigenvalue weighted by Gasteiger charge is -2.15. The minimum absolute atomic E-state index is 0.108. The summed E-state index contributed by atoms with van der Waals surface area (Å²) in [5, 5.41) is 5.22. The van der Waals surface area contributed by atoms with E-state index in [1.807, 2.05) is 31.2 Å². The van der Waals surface area contributed by atoms with Crippen molar-refractivity contribution in [1.82, 2.24) is 9.78 Å². The Morgan fingerprint density at radius 3 is 2.35 bits per heavy atom. The third-order valence-electron chi connectivity index (χ3n) is 5.73. The average molecular weight is 372 g/mol. The van der Waals surface area contributed by atoms with E-state index in [1.54, 1.807) is 10.7 Å². The molecule has 1 aromatic heterocycles. The monoisotopic (exact) mass is 371 g/mol. The van der Waals surface area contributed by atoms with Crippen molar-refractivity contribution in [3.05, 3.63) is 46.6 Å². The standard InChI is InChI=1S/C19H18ClN3O3/c1-10-8-15(21-22(10)9-11-2-4-12(20)5-3-11)23-18(24)16-13-6-7-14(26-13)17(16)19(23)25/h2-5,8,13-14,16-17H,6-7,9H2,1H3/t13-,14-,16-,17+/m1/s1. The highest BCUT2D eigenvalue weighted by Crippen LogP contribution is 2.49. The molecule has 3 saturated heterocycles. The van der Waals surface area contributed by atoms with Gasteiger partial charge in [-0.1, -0.05) is 23.7 Å². The summed E-state index contributed by atoms with van der Waals surface area (Å²) < 4.78 is 7.58. The number of anilines is 1. The van der Waals surface area contributed by atoms with Crippen LogP contribution in [-0.4, -0.2) is 33.8 Å². The summed E-state index contributed by atoms with van der Waals surface area (Å²) in [6.45, 7) is 2.48. The van der Waals surface area contributed by atoms with Crippen molar-refractivity contribution in [3.63, 3.8) is 0 Å². The van der Waals surface area contributed by atoms with E-state index in [9.17, 15) is 9.59 Å². The lowest BCUT2D eigenvalue weighted by molar-refractivity contribution is -0.124. The first-order chi connectivity index (χ1) is 12.5. The Morgan fingerprint density at radius 1 is 1.12 bits per heavy atom. The van der Waals surface area contributed by atoms with Crippen LogP contribution in [0.3, 0.4) is 0 Å². The fourth-order valence-electron chi connectivity index (χ4n) is 4.46. The third kappa shape index (κ3) is 2.25. The maximum Gasteiger partial charge on any atom is 0.241 e. The summed E-state index contributed by atoms with van der Waals surface area (Å²) >= 11 is 5.93. The van der Waals surface area contributed by atoms with Crippen LogP contribution in [0.5, 0.6) is 0 Å². The highest BCUT2D eigenvalue weighted by molar-refractivity contribution is 6.30. The summed E-state index contributed by atoms with van der Waals surface area (Å²) in [7, 11) is 0. The summed E-state index contributed by atoms with van der Waals surface area (Å²) in [6.07, 6.45) is 1.51. The molecular weight excluding hydrogens is 354 g/mol. The van der Waals surface area contributed by atoms with E-state index in [4.69, 9.17) is 16.3 Å². The maximum absolute atomic E-state index is 12.9. The molecule has 3 fully saturated rings. The second-order valence-electron chi connectivity index (χ2n) is 7.28. The first-order valence-corrected chi connectivity index (χ1v) is 9.23. The number of imide groups is 1. The Morgan fingerprint density at radius 2 is 1.73 bits per heavy atom. The van der Waals surface area contributed by atoms with Gasteiger partial charge in [-0.25, -0.2) is 4.90 Å². The number of hydrogen-bond donors (Lipinski definition) is 0. The van der Waals surface area contributed by atoms with Crippen LogP contribution in [-0.2, 0) is 20.9 Å². The molecule has 2 bridgehead atoms. The molecule has 0 N–H and O–H groups in total. The molecule has 4 atom stereocenters. The van der Waals surface area contributed by atoms with E-state index in [0.29, 0.717) is 17.4 Å². The number of rotatable bonds is 3. The number of ether oxygens (including phenoxy) is 1. The van der Waals surface area contributed by atoms with Crippen molar-refractivity contribution in [1.29, 1.82) is 0 Å². The number of carbonyl (C=O) groups is 2. The van der Waals surface area contributed by atoms with Gasteiger partial charge in [-0.2, -0.15) is 5.10 Å². The lowest BCUT2D eigenvalue weighted by atomic mass is 9.81. The minimum atomic E-state index is -0.331. The number of hydrogen-bond acceptors (Lipinski definition) is 4. The van der Waals surface area contributed by atoms with Gasteiger partial charge in [0, 0.05) is 16.8 Å². The van der Waals surface area contributed by atoms with Crippen LogP contribution in [0.4, 0.5) is 5.82 Å². The molecule has 0 aliphatic carbocycles. The van der Waals surface area contributed by atoms with E-state index in [-0.39, 0.29) is 35.9 Å². The molecule has 2 aromatic rings. The van der Waals surface area contributed by atoms with Crippen LogP contribution in [0.25, 0.3) is 0 Å². The number of aromatic nitrogens is 2. The number of amides is 2. The van der Waals surface area contributed by atoms with Crippen molar-refractivity contribution in [3.8, 4) is 0 Å². The zero-order valence-electron chi connectivity index (χ0n) is 14.3. The Hall–Kier alpha value is -2.18. The largest absolute Gasteiger partial charge is 0.373 e. The topological polar surface area (TPSA) is 64.4 Å². The molecule has 134 valence electrons. The van der Waals surface area contributed by atoms with Crippen molar-refractivity contribution in [2.45, 2.75) is 38.5 Å². The molecule has 2 amide bonds. The SMILES string of the molecule is Cc1cc(N2C(=O)[C@@H]3[C@H](C2=O)[C@H]2CC[C@H]3O2)nn1Cc1ccc(Cl)cc1. The number of halogens is 1. The van der Waals surface area contributed by atoms with Gasteiger partial charge in [0.1, 0.15) is 0 Å². The Kier molecular flexibility index (Phi) is 3.49. The van der Waals surface area contributed by atoms with Gasteiger partial charge in [-0.15, -0.1) is 0 Å². The summed E-state index contributed by atoms with van der Waals surface area (Å²) in [5.41, 5.74) is 1.95. The Labute approximate surface area is 155 Å². The zero-order chi connectivity index (χ0) is 18.0. The number of fused-ring (bicyclic) bond motifs is 5. The van der Waals surface area contributed by atoms with E-state index in [2.05, 4.69) is 5.10 Å². The predicted octanol–water partition coefficient (Wildman–Crippen LogP) is 2.56. The molecule has 5 rings (SSSR count). The van der Waals surface area contributed by atoms with E-state index in [0.717, 1.165) is 24.1 Å². The quantitative estimate of drug-likeness (QED) is 0.778. The molecule has 3 aliphatic rings. The van der Waals surface area contributed by atoms with Gasteiger partial charge in [-0.05, 0) is 37.5 Å². The molecule has 0 saturated carbocycles. The summed E-state index contributed by atoms with van der Waals surface area (Å²) in [6, 6.07) is 9.35. The fraction of sp³-hybridized carbons (Fsp3) is 0.421. The van der Waals surface area contributed by atoms with E-state index in [1.165, 1.54) is 4.90 Å². The highest BCUT2D eigenvalue weighted by atomic mass is 35.5. The number of benzene rings is 1. The maximum atomic E-state index is 12.9. The minimum Gasteiger partial charge on any atom is -0.373 e. The van der Waals surface area contributed by atoms with Crippen LogP contribution in [0.15, 0.2) is 30.3 Å². The van der Waals surface area contributed by atoms with Crippen LogP contribution in [0.2, 0.25) is 5.02 Å². The van der Waals surface area contributed by atoms with Crippen molar-refractivity contribution < 1.29 is 14.3 Å². The fourth-order valence-corrected chi connectivity index (χ4v) is 4.59. The van der Waals surface area contributed by atoms with Gasteiger partial charge in [0.25, 0.3) is 0 Å². The van der Waals surface area contributed by atoms with Gasteiger partial charge in [0.15, 0.2) is 5.82 Å². The average Bonchev–Trinajstić information content (AvgIpc) is 3.35. The van der Waals surface area contributed by atoms with Gasteiger partial charge in [-0.3, -0.25) is 14.3 Å². The molecule has 4 heterocycles. The summed E-state index contributed by atoms with van der Waals surface area (Å²) in [4.78, 5) is 27.0. The van der Waals surface area contributed by atoms with E-state index < -0.39 is 0 Å². The first kappa shape index (κ1) is 16.0. The molecule has 26 heavy (non-hydrogen) atoms. The molecule has 0 radical (unpaired) electrons. The number of nitrogens with zero attached hydrogens (tertiary/aromatic N) is 3. The lowest BCUT2D eigenvalue weighted by Crippen LogP contribution is -2.34. The molecular formula is C19H18ClN3O3. The Bertz CT molecular complexity index is 879. The second-order valence-corrected chi connectivity index (χ2v) is 7.72. The summed E-state index contributed by atoms with van der Waals surface area (Å²) in [5.74, 6) is -0.571. The third-order valence-corrected chi connectivity index (χ3v) is 5.98. The predicted molar refractivity (Wildman–Crippen MR) is 94.9 cm³/mol. The van der Waals surface area contributed by atoms with Crippen molar-refractivity contribution in [2.24, 2.45) is 11.8 Å². The highest BCUT2D eigenvalue weighted by Gasteiger charge is 2.63. The van der Waals surface area contributed by atoms with Gasteiger partial charge in [0.05, 0.1) is 30.6 Å². The van der Waals surface area contributed by atoms with E-state index >= 15 is 0 Å². The van der Waals surface area contributed by atoms with Gasteiger partial charge in [0.2, 0.25) is 11.8 Å². The number of aryl methyl sites for hydroxylation is 1. The number of carbonyl (C=O) groups excluding carboxylic acids is 2. The van der Waals surface area contributed by atoms with Crippen molar-refractivity contribution >= 4 is 29.2 Å². The van der Waals surface area contributed by atoms with Gasteiger partial charge < -0.3 is 4.74 Å². The van der Waals surface area contributed by atoms with Crippen molar-refractivity contribution in [2.75, 3.05) is 4.90 Å². The van der Waals surface area contributed by atoms with Gasteiger partial charge >= 0.3 is 0 Å². The zero-order valence-corrected chi connectivity index (χ0v) is 15.0. The van der Waals surface area contributed by atoms with Crippen LogP contribution < -0.4 is 4.90 Å². The molecule has 6 nitrogen and oxygen atoms in total. The molecule has 3 aliphatic heterocycles. The van der Waals surface area contributed by atoms with Crippen LogP contribution >= 0.6 is 11.6 Å². The molecule has 0 unspecified atom stereocenters.